The molecule has 3 aliphatic heterocycles. The summed E-state index contributed by atoms with van der Waals surface area (Å²) < 4.78 is 5.79. The lowest BCUT2D eigenvalue weighted by atomic mass is 9.97. The third-order valence-electron chi connectivity index (χ3n) is 5.16. The minimum Gasteiger partial charge on any atom is -0.493 e. The summed E-state index contributed by atoms with van der Waals surface area (Å²) in [4.78, 5) is 39.9. The summed E-state index contributed by atoms with van der Waals surface area (Å²) in [5, 5.41) is 5.28. The van der Waals surface area contributed by atoms with Gasteiger partial charge in [0, 0.05) is 37.8 Å². The highest BCUT2D eigenvalue weighted by molar-refractivity contribution is 6.03. The fourth-order valence-electron chi connectivity index (χ4n) is 3.78. The van der Waals surface area contributed by atoms with E-state index in [0.29, 0.717) is 36.7 Å². The van der Waals surface area contributed by atoms with Crippen molar-refractivity contribution >= 4 is 23.7 Å². The molecule has 0 bridgehead atoms. The van der Waals surface area contributed by atoms with Gasteiger partial charge in [-0.15, -0.1) is 0 Å². The summed E-state index contributed by atoms with van der Waals surface area (Å²) in [5.41, 5.74) is 0.930. The molecule has 0 saturated carbocycles. The maximum atomic E-state index is 13.0. The summed E-state index contributed by atoms with van der Waals surface area (Å²) in [5.74, 6) is 0.482. The second-order valence-corrected chi connectivity index (χ2v) is 6.81. The van der Waals surface area contributed by atoms with Crippen molar-refractivity contribution in [3.05, 3.63) is 23.8 Å². The summed E-state index contributed by atoms with van der Waals surface area (Å²) >= 11 is 0. The van der Waals surface area contributed by atoms with E-state index in [9.17, 15) is 14.4 Å². The molecular formula is C18H22N4O4. The fourth-order valence-corrected chi connectivity index (χ4v) is 3.78. The molecule has 8 heteroatoms. The fraction of sp³-hybridized carbons (Fsp3) is 0.500. The largest absolute Gasteiger partial charge is 0.493 e. The number of piperidine rings is 1. The predicted octanol–water partition coefficient (Wildman–Crippen LogP) is 2.02. The van der Waals surface area contributed by atoms with Crippen LogP contribution in [0.4, 0.5) is 15.3 Å². The van der Waals surface area contributed by atoms with Crippen LogP contribution in [-0.4, -0.2) is 60.1 Å². The van der Waals surface area contributed by atoms with E-state index in [0.717, 1.165) is 37.1 Å². The van der Waals surface area contributed by atoms with Gasteiger partial charge in [-0.3, -0.25) is 4.79 Å². The highest BCUT2D eigenvalue weighted by Crippen LogP contribution is 2.31. The lowest BCUT2D eigenvalue weighted by Gasteiger charge is -2.37. The molecule has 1 aromatic carbocycles. The quantitative estimate of drug-likeness (QED) is 0.803. The number of hydrogen-bond acceptors (Lipinski definition) is 4. The Labute approximate surface area is 151 Å². The van der Waals surface area contributed by atoms with Gasteiger partial charge in [0.15, 0.2) is 0 Å². The first-order chi connectivity index (χ1) is 12.6. The Kier molecular flexibility index (Phi) is 4.40. The van der Waals surface area contributed by atoms with E-state index in [1.807, 2.05) is 4.90 Å². The van der Waals surface area contributed by atoms with E-state index in [1.54, 1.807) is 18.2 Å². The Bertz CT molecular complexity index is 751. The monoisotopic (exact) mass is 358 g/mol. The number of nitrogens with one attached hydrogen (secondary N) is 2. The molecular weight excluding hydrogens is 336 g/mol. The van der Waals surface area contributed by atoms with Crippen molar-refractivity contribution in [1.82, 2.24) is 15.1 Å². The molecule has 0 spiro atoms. The number of rotatable bonds is 1. The SMILES string of the molecule is O=C1NCCN1C(=O)Nc1ccc2c(c1)C(=O)N1CCCC[C@@H]1CCO2. The molecule has 26 heavy (non-hydrogen) atoms. The molecule has 0 radical (unpaired) electrons. The van der Waals surface area contributed by atoms with Crippen LogP contribution in [0.1, 0.15) is 36.0 Å². The molecule has 8 nitrogen and oxygen atoms in total. The summed E-state index contributed by atoms with van der Waals surface area (Å²) in [6, 6.07) is 4.33. The normalized spacial score (nSPS) is 22.5. The Hall–Kier alpha value is -2.77. The minimum atomic E-state index is -0.505. The Morgan fingerprint density at radius 3 is 2.88 bits per heavy atom. The van der Waals surface area contributed by atoms with Gasteiger partial charge in [0.05, 0.1) is 12.2 Å². The van der Waals surface area contributed by atoms with Gasteiger partial charge in [0.1, 0.15) is 5.75 Å². The summed E-state index contributed by atoms with van der Waals surface area (Å²) in [6.07, 6.45) is 3.99. The van der Waals surface area contributed by atoms with Crippen molar-refractivity contribution in [2.24, 2.45) is 0 Å². The first-order valence-electron chi connectivity index (χ1n) is 9.07. The number of carbonyl (C=O) groups is 3. The number of benzene rings is 1. The van der Waals surface area contributed by atoms with Crippen LogP contribution in [0.5, 0.6) is 5.75 Å². The topological polar surface area (TPSA) is 91.0 Å². The number of nitrogens with zero attached hydrogens (tertiary/aromatic N) is 2. The van der Waals surface area contributed by atoms with Gasteiger partial charge in [0.2, 0.25) is 0 Å². The van der Waals surface area contributed by atoms with E-state index in [-0.39, 0.29) is 11.9 Å². The van der Waals surface area contributed by atoms with Gasteiger partial charge in [0.25, 0.3) is 5.91 Å². The smallest absolute Gasteiger partial charge is 0.330 e. The van der Waals surface area contributed by atoms with Crippen molar-refractivity contribution in [2.45, 2.75) is 31.7 Å². The second-order valence-electron chi connectivity index (χ2n) is 6.81. The standard InChI is InChI=1S/C18H22N4O4/c23-16-14-11-12(20-18(25)22-9-7-19-17(22)24)4-5-15(14)26-10-6-13-3-1-2-8-21(13)16/h4-5,11,13H,1-3,6-10H2,(H,19,24)(H,20,25)/t13-/m1/s1. The lowest BCUT2D eigenvalue weighted by molar-refractivity contribution is 0.0548. The third kappa shape index (κ3) is 3.07. The van der Waals surface area contributed by atoms with Crippen LogP contribution < -0.4 is 15.4 Å². The zero-order chi connectivity index (χ0) is 18.1. The molecule has 5 amide bonds. The average molecular weight is 358 g/mol. The molecule has 0 unspecified atom stereocenters. The summed E-state index contributed by atoms with van der Waals surface area (Å²) in [6.45, 7) is 2.10. The van der Waals surface area contributed by atoms with Crippen molar-refractivity contribution in [3.8, 4) is 5.75 Å². The van der Waals surface area contributed by atoms with Gasteiger partial charge in [-0.05, 0) is 37.5 Å². The van der Waals surface area contributed by atoms with Crippen LogP contribution in [0.3, 0.4) is 0 Å². The molecule has 0 aromatic heterocycles. The number of imide groups is 1. The number of fused-ring (bicyclic) bond motifs is 2. The number of urea groups is 2. The molecule has 2 saturated heterocycles. The maximum Gasteiger partial charge on any atom is 0.330 e. The Morgan fingerprint density at radius 1 is 1.19 bits per heavy atom. The predicted molar refractivity (Wildman–Crippen MR) is 94.4 cm³/mol. The molecule has 4 rings (SSSR count). The molecule has 3 heterocycles. The molecule has 2 N–H and O–H groups in total. The number of anilines is 1. The van der Waals surface area contributed by atoms with E-state index in [4.69, 9.17) is 4.74 Å². The van der Waals surface area contributed by atoms with Gasteiger partial charge in [-0.2, -0.15) is 0 Å². The van der Waals surface area contributed by atoms with Crippen LogP contribution in [0.2, 0.25) is 0 Å². The number of amides is 5. The first-order valence-corrected chi connectivity index (χ1v) is 9.07. The maximum absolute atomic E-state index is 13.0. The highest BCUT2D eigenvalue weighted by atomic mass is 16.5. The van der Waals surface area contributed by atoms with Gasteiger partial charge in [-0.25, -0.2) is 14.5 Å². The molecule has 2 fully saturated rings. The van der Waals surface area contributed by atoms with Crippen molar-refractivity contribution in [3.63, 3.8) is 0 Å². The first kappa shape index (κ1) is 16.7. The molecule has 3 aliphatic rings. The van der Waals surface area contributed by atoms with Crippen LogP contribution in [0, 0.1) is 0 Å². The van der Waals surface area contributed by atoms with E-state index < -0.39 is 12.1 Å². The summed E-state index contributed by atoms with van der Waals surface area (Å²) in [7, 11) is 0. The van der Waals surface area contributed by atoms with Gasteiger partial charge < -0.3 is 20.3 Å². The van der Waals surface area contributed by atoms with Crippen molar-refractivity contribution in [2.75, 3.05) is 31.6 Å². The molecule has 0 aliphatic carbocycles. The Balaban J connectivity index is 1.57. The van der Waals surface area contributed by atoms with E-state index in [2.05, 4.69) is 10.6 Å². The van der Waals surface area contributed by atoms with E-state index in [1.165, 1.54) is 0 Å². The average Bonchev–Trinajstić information content (AvgIpc) is 3.07. The van der Waals surface area contributed by atoms with Gasteiger partial charge >= 0.3 is 12.1 Å². The zero-order valence-electron chi connectivity index (χ0n) is 14.5. The van der Waals surface area contributed by atoms with Crippen LogP contribution in [0.25, 0.3) is 0 Å². The minimum absolute atomic E-state index is 0.0561. The van der Waals surface area contributed by atoms with Crippen LogP contribution in [-0.2, 0) is 0 Å². The molecule has 138 valence electrons. The molecule has 1 atom stereocenters. The van der Waals surface area contributed by atoms with E-state index >= 15 is 0 Å². The highest BCUT2D eigenvalue weighted by Gasteiger charge is 2.31. The lowest BCUT2D eigenvalue weighted by Crippen LogP contribution is -2.45. The van der Waals surface area contributed by atoms with Gasteiger partial charge in [-0.1, -0.05) is 0 Å². The number of hydrogen-bond donors (Lipinski definition) is 2. The van der Waals surface area contributed by atoms with Crippen LogP contribution >= 0.6 is 0 Å². The molecule has 1 aromatic rings. The van der Waals surface area contributed by atoms with Crippen molar-refractivity contribution < 1.29 is 19.1 Å². The number of ether oxygens (including phenoxy) is 1. The Morgan fingerprint density at radius 2 is 2.08 bits per heavy atom. The number of carbonyl (C=O) groups excluding carboxylic acids is 3. The third-order valence-corrected chi connectivity index (χ3v) is 5.16. The second kappa shape index (κ2) is 6.86. The zero-order valence-corrected chi connectivity index (χ0v) is 14.5. The van der Waals surface area contributed by atoms with Crippen molar-refractivity contribution in [1.29, 1.82) is 0 Å². The van der Waals surface area contributed by atoms with Crippen LogP contribution in [0.15, 0.2) is 18.2 Å².